The van der Waals surface area contributed by atoms with E-state index in [9.17, 15) is 9.59 Å². The molecule has 0 radical (unpaired) electrons. The second kappa shape index (κ2) is 19.8. The molecule has 2 amide bonds. The van der Waals surface area contributed by atoms with Crippen LogP contribution in [0.1, 0.15) is 108 Å². The molecule has 1 aliphatic heterocycles. The molecule has 5 aromatic carbocycles. The van der Waals surface area contributed by atoms with Crippen molar-refractivity contribution in [2.45, 2.75) is 115 Å². The van der Waals surface area contributed by atoms with Gasteiger partial charge in [0.1, 0.15) is 17.2 Å². The largest absolute Gasteiger partial charge is 0.480 e. The van der Waals surface area contributed by atoms with Crippen LogP contribution in [0.15, 0.2) is 119 Å². The molecule has 14 heteroatoms. The average Bonchev–Trinajstić information content (AvgIpc) is 3.90. The van der Waals surface area contributed by atoms with Gasteiger partial charge in [0.05, 0.1) is 21.4 Å². The third-order valence-electron chi connectivity index (χ3n) is 12.2. The summed E-state index contributed by atoms with van der Waals surface area (Å²) in [7, 11) is 0. The van der Waals surface area contributed by atoms with Crippen molar-refractivity contribution in [3.8, 4) is 17.2 Å². The molecule has 65 heavy (non-hydrogen) atoms. The van der Waals surface area contributed by atoms with E-state index in [1.165, 1.54) is 22.3 Å². The van der Waals surface area contributed by atoms with Crippen LogP contribution in [0.2, 0.25) is 10.0 Å². The summed E-state index contributed by atoms with van der Waals surface area (Å²) < 4.78 is 14.9. The topological polar surface area (TPSA) is 124 Å². The highest BCUT2D eigenvalue weighted by molar-refractivity contribution is 7.99. The standard InChI is InChI=1S/C51H55Cl2N7O4S/c1-10-42(63-44-27-20-34(50(6,7)11-2)30-39(44)51(8,9)12-3)47(61)54-35-21-23-37(24-22-35)59-48(62)46(45(56-59)33-19-25-40(52)41(53)29-33)64-43-26-18-31(4)28-38(43)32(5)65-49-55-57-58-60(49)36-16-14-13-15-17-36/h13-30,32,42,46H,10-12H2,1-9H3,(H,54,61). The number of hydrogen-bond acceptors (Lipinski definition) is 9. The maximum absolute atomic E-state index is 14.5. The second-order valence-corrected chi connectivity index (χ2v) is 19.6. The van der Waals surface area contributed by atoms with Crippen molar-refractivity contribution in [2.75, 3.05) is 10.3 Å². The first kappa shape index (κ1) is 47.3. The number of anilines is 2. The zero-order valence-electron chi connectivity index (χ0n) is 38.2. The van der Waals surface area contributed by atoms with E-state index >= 15 is 0 Å². The monoisotopic (exact) mass is 931 g/mol. The van der Waals surface area contributed by atoms with Gasteiger partial charge in [-0.2, -0.15) is 14.8 Å². The SMILES string of the molecule is CCC(Oc1ccc(C(C)(C)CC)cc1C(C)(C)CC)C(=O)Nc1ccc(N2N=C(c3ccc(Cl)c(Cl)c3)C(Oc3ccc(C)cc3C(C)Sc3nnnn3-c3ccccc3)C2=O)cc1. The predicted octanol–water partition coefficient (Wildman–Crippen LogP) is 12.5. The van der Waals surface area contributed by atoms with Crippen LogP contribution < -0.4 is 19.8 Å². The van der Waals surface area contributed by atoms with Crippen molar-refractivity contribution in [1.29, 1.82) is 0 Å². The van der Waals surface area contributed by atoms with Crippen molar-refractivity contribution >= 4 is 63.9 Å². The summed E-state index contributed by atoms with van der Waals surface area (Å²) in [5, 5.41) is 22.7. The van der Waals surface area contributed by atoms with Crippen LogP contribution in [0.3, 0.4) is 0 Å². The lowest BCUT2D eigenvalue weighted by atomic mass is 9.76. The number of para-hydroxylation sites is 1. The smallest absolute Gasteiger partial charge is 0.294 e. The summed E-state index contributed by atoms with van der Waals surface area (Å²) in [5.41, 5.74) is 6.79. The minimum atomic E-state index is -1.15. The van der Waals surface area contributed by atoms with Gasteiger partial charge in [-0.15, -0.1) is 5.10 Å². The summed E-state index contributed by atoms with van der Waals surface area (Å²) in [6.45, 7) is 19.2. The van der Waals surface area contributed by atoms with E-state index in [1.54, 1.807) is 47.1 Å². The van der Waals surface area contributed by atoms with E-state index in [-0.39, 0.29) is 22.0 Å². The molecule has 7 rings (SSSR count). The Labute approximate surface area is 395 Å². The van der Waals surface area contributed by atoms with Crippen LogP contribution in [0, 0.1) is 6.92 Å². The van der Waals surface area contributed by atoms with Gasteiger partial charge >= 0.3 is 0 Å². The first-order valence-electron chi connectivity index (χ1n) is 21.9. The number of nitrogens with one attached hydrogen (secondary N) is 1. The van der Waals surface area contributed by atoms with Gasteiger partial charge in [-0.05, 0) is 121 Å². The zero-order chi connectivity index (χ0) is 46.6. The van der Waals surface area contributed by atoms with Crippen molar-refractivity contribution in [3.63, 3.8) is 0 Å². The molecule has 1 N–H and O–H groups in total. The Hall–Kier alpha value is -5.69. The lowest BCUT2D eigenvalue weighted by Crippen LogP contribution is -2.37. The Kier molecular flexibility index (Phi) is 14.4. The summed E-state index contributed by atoms with van der Waals surface area (Å²) in [6.07, 6.45) is 0.476. The Balaban J connectivity index is 1.12. The highest BCUT2D eigenvalue weighted by atomic mass is 35.5. The minimum absolute atomic E-state index is 0.00342. The predicted molar refractivity (Wildman–Crippen MR) is 262 cm³/mol. The molecule has 3 unspecified atom stereocenters. The Morgan fingerprint density at radius 1 is 0.831 bits per heavy atom. The van der Waals surface area contributed by atoms with Crippen LogP contribution in [0.4, 0.5) is 11.4 Å². The maximum atomic E-state index is 14.5. The number of carbonyl (C=O) groups is 2. The van der Waals surface area contributed by atoms with E-state index in [2.05, 4.69) is 74.5 Å². The molecule has 0 fully saturated rings. The van der Waals surface area contributed by atoms with Crippen LogP contribution in [-0.4, -0.2) is 49.9 Å². The number of benzene rings is 5. The number of hydrazone groups is 1. The average molecular weight is 933 g/mol. The van der Waals surface area contributed by atoms with Crippen LogP contribution in [-0.2, 0) is 20.4 Å². The molecule has 2 heterocycles. The van der Waals surface area contributed by atoms with E-state index in [4.69, 9.17) is 37.8 Å². The molecule has 1 aromatic heterocycles. The summed E-state index contributed by atoms with van der Waals surface area (Å²) in [6, 6.07) is 33.9. The highest BCUT2D eigenvalue weighted by Crippen LogP contribution is 2.42. The third kappa shape index (κ3) is 10.4. The van der Waals surface area contributed by atoms with Gasteiger partial charge in [0.2, 0.25) is 11.3 Å². The van der Waals surface area contributed by atoms with E-state index in [1.807, 2.05) is 75.4 Å². The van der Waals surface area contributed by atoms with Crippen LogP contribution in [0.5, 0.6) is 11.5 Å². The number of rotatable bonds is 17. The maximum Gasteiger partial charge on any atom is 0.294 e. The molecule has 338 valence electrons. The zero-order valence-corrected chi connectivity index (χ0v) is 40.6. The second-order valence-electron chi connectivity index (χ2n) is 17.5. The first-order valence-corrected chi connectivity index (χ1v) is 23.5. The fraction of sp³-hybridized carbons (Fsp3) is 0.333. The molecule has 1 aliphatic rings. The van der Waals surface area contributed by atoms with Crippen LogP contribution >= 0.6 is 35.0 Å². The molecule has 0 bridgehead atoms. The Bertz CT molecular complexity index is 2710. The van der Waals surface area contributed by atoms with Crippen molar-refractivity contribution in [2.24, 2.45) is 5.10 Å². The van der Waals surface area contributed by atoms with E-state index in [0.717, 1.165) is 35.2 Å². The van der Waals surface area contributed by atoms with E-state index in [0.29, 0.717) is 55.8 Å². The number of amides is 2. The van der Waals surface area contributed by atoms with Gasteiger partial charge in [0, 0.05) is 27.6 Å². The van der Waals surface area contributed by atoms with Crippen molar-refractivity contribution in [1.82, 2.24) is 20.2 Å². The molecule has 3 atom stereocenters. The first-order chi connectivity index (χ1) is 31.0. The van der Waals surface area contributed by atoms with Gasteiger partial charge in [-0.25, -0.2) is 0 Å². The molecule has 11 nitrogen and oxygen atoms in total. The Morgan fingerprint density at radius 3 is 2.22 bits per heavy atom. The summed E-state index contributed by atoms with van der Waals surface area (Å²) in [5.74, 6) is 0.517. The lowest BCUT2D eigenvalue weighted by Gasteiger charge is -2.31. The molecule has 6 aromatic rings. The van der Waals surface area contributed by atoms with Gasteiger partial charge in [0.15, 0.2) is 6.10 Å². The number of ether oxygens (including phenoxy) is 2. The lowest BCUT2D eigenvalue weighted by molar-refractivity contribution is -0.123. The van der Waals surface area contributed by atoms with Gasteiger partial charge < -0.3 is 14.8 Å². The summed E-state index contributed by atoms with van der Waals surface area (Å²) >= 11 is 14.3. The number of nitrogens with zero attached hydrogens (tertiary/aromatic N) is 6. The van der Waals surface area contributed by atoms with Gasteiger partial charge in [0.25, 0.3) is 11.8 Å². The Morgan fingerprint density at radius 2 is 1.54 bits per heavy atom. The molecule has 0 saturated carbocycles. The normalized spacial score (nSPS) is 15.1. The van der Waals surface area contributed by atoms with E-state index < -0.39 is 18.1 Å². The molecule has 0 aliphatic carbocycles. The quantitative estimate of drug-likeness (QED) is 0.0897. The molecular weight excluding hydrogens is 878 g/mol. The fourth-order valence-corrected chi connectivity index (χ4v) is 8.63. The number of aryl methyl sites for hydroxylation is 1. The number of hydrogen-bond donors (Lipinski definition) is 1. The number of tetrazole rings is 1. The van der Waals surface area contributed by atoms with Crippen molar-refractivity contribution < 1.29 is 19.1 Å². The number of halogens is 2. The minimum Gasteiger partial charge on any atom is -0.480 e. The molecular formula is C51H55Cl2N7O4S. The molecule has 0 saturated heterocycles. The number of carbonyl (C=O) groups excluding carboxylic acids is 2. The number of thioether (sulfide) groups is 1. The van der Waals surface area contributed by atoms with Gasteiger partial charge in [-0.3, -0.25) is 9.59 Å². The van der Waals surface area contributed by atoms with Crippen LogP contribution in [0.25, 0.3) is 5.69 Å². The summed E-state index contributed by atoms with van der Waals surface area (Å²) in [4.78, 5) is 28.3. The molecule has 0 spiro atoms. The van der Waals surface area contributed by atoms with Gasteiger partial charge in [-0.1, -0.05) is 138 Å². The van der Waals surface area contributed by atoms with Crippen molar-refractivity contribution in [3.05, 3.63) is 147 Å². The third-order valence-corrected chi connectivity index (χ3v) is 14.1. The highest BCUT2D eigenvalue weighted by Gasteiger charge is 2.40. The number of aromatic nitrogens is 4. The fourth-order valence-electron chi connectivity index (χ4n) is 7.38.